The van der Waals surface area contributed by atoms with Gasteiger partial charge in [-0.2, -0.15) is 0 Å². The smallest absolute Gasteiger partial charge is 0.226 e. The largest absolute Gasteiger partial charge is 0.486 e. The molecule has 0 radical (unpaired) electrons. The van der Waals surface area contributed by atoms with E-state index in [1.54, 1.807) is 0 Å². The molecule has 4 nitrogen and oxygen atoms in total. The molecule has 1 aromatic rings. The van der Waals surface area contributed by atoms with E-state index in [0.717, 1.165) is 49.6 Å². The number of nitrogens with zero attached hydrogens (tertiary/aromatic N) is 1. The Morgan fingerprint density at radius 1 is 1.00 bits per heavy atom. The molecule has 2 aliphatic heterocycles. The Labute approximate surface area is 163 Å². The van der Waals surface area contributed by atoms with Gasteiger partial charge < -0.3 is 14.4 Å². The van der Waals surface area contributed by atoms with Crippen molar-refractivity contribution in [3.63, 3.8) is 0 Å². The summed E-state index contributed by atoms with van der Waals surface area (Å²) in [4.78, 5) is 15.4. The molecule has 1 atom stereocenters. The molecular formula is C23H33NO3. The van der Waals surface area contributed by atoms with Gasteiger partial charge in [0.05, 0.1) is 6.04 Å². The summed E-state index contributed by atoms with van der Waals surface area (Å²) in [5, 5.41) is 0. The van der Waals surface area contributed by atoms with Crippen LogP contribution in [0.1, 0.15) is 70.9 Å². The number of benzene rings is 1. The highest BCUT2D eigenvalue weighted by atomic mass is 16.6. The molecule has 0 spiro atoms. The maximum absolute atomic E-state index is 13.3. The second kappa shape index (κ2) is 7.37. The molecule has 1 aromatic carbocycles. The Bertz CT molecular complexity index is 685. The molecule has 27 heavy (non-hydrogen) atoms. The minimum absolute atomic E-state index is 0.189. The lowest BCUT2D eigenvalue weighted by Crippen LogP contribution is -2.38. The van der Waals surface area contributed by atoms with Crippen molar-refractivity contribution in [2.45, 2.75) is 65.3 Å². The van der Waals surface area contributed by atoms with E-state index in [0.29, 0.717) is 24.5 Å². The van der Waals surface area contributed by atoms with Gasteiger partial charge in [0, 0.05) is 12.5 Å². The highest BCUT2D eigenvalue weighted by molar-refractivity contribution is 5.79. The lowest BCUT2D eigenvalue weighted by Gasteiger charge is -2.38. The van der Waals surface area contributed by atoms with E-state index in [2.05, 4.69) is 37.8 Å². The molecule has 3 aliphatic rings. The highest BCUT2D eigenvalue weighted by Gasteiger charge is 2.38. The van der Waals surface area contributed by atoms with E-state index >= 15 is 0 Å². The van der Waals surface area contributed by atoms with Crippen molar-refractivity contribution >= 4 is 5.91 Å². The monoisotopic (exact) mass is 371 g/mol. The van der Waals surface area contributed by atoms with E-state index in [9.17, 15) is 4.79 Å². The third-order valence-corrected chi connectivity index (χ3v) is 6.79. The SMILES string of the molecule is CC(C)(C)C1CCC(C(=O)N2CCC[C@@H]2c2ccc3c(c2)OCCO3)CC1. The van der Waals surface area contributed by atoms with E-state index in [4.69, 9.17) is 9.47 Å². The van der Waals surface area contributed by atoms with E-state index in [-0.39, 0.29) is 12.0 Å². The normalized spacial score (nSPS) is 28.3. The summed E-state index contributed by atoms with van der Waals surface area (Å²) in [5.41, 5.74) is 1.54. The molecule has 1 saturated carbocycles. The van der Waals surface area contributed by atoms with Crippen LogP contribution < -0.4 is 9.47 Å². The number of ether oxygens (including phenoxy) is 2. The Morgan fingerprint density at radius 3 is 2.41 bits per heavy atom. The number of hydrogen-bond acceptors (Lipinski definition) is 3. The maximum atomic E-state index is 13.3. The van der Waals surface area contributed by atoms with Gasteiger partial charge in [-0.25, -0.2) is 0 Å². The minimum Gasteiger partial charge on any atom is -0.486 e. The molecule has 0 bridgehead atoms. The lowest BCUT2D eigenvalue weighted by molar-refractivity contribution is -0.138. The predicted octanol–water partition coefficient (Wildman–Crippen LogP) is 4.97. The molecule has 4 heteroatoms. The molecule has 1 amide bonds. The van der Waals surface area contributed by atoms with Crippen LogP contribution in [0.4, 0.5) is 0 Å². The van der Waals surface area contributed by atoms with Crippen LogP contribution in [-0.2, 0) is 4.79 Å². The van der Waals surface area contributed by atoms with Gasteiger partial charge in [0.15, 0.2) is 11.5 Å². The fraction of sp³-hybridized carbons (Fsp3) is 0.696. The second-order valence-electron chi connectivity index (χ2n) is 9.51. The number of fused-ring (bicyclic) bond motifs is 1. The van der Waals surface area contributed by atoms with E-state index in [1.165, 1.54) is 18.4 Å². The predicted molar refractivity (Wildman–Crippen MR) is 106 cm³/mol. The number of likely N-dealkylation sites (tertiary alicyclic amines) is 1. The van der Waals surface area contributed by atoms with Gasteiger partial charge >= 0.3 is 0 Å². The van der Waals surface area contributed by atoms with E-state index < -0.39 is 0 Å². The fourth-order valence-electron chi connectivity index (χ4n) is 5.09. The topological polar surface area (TPSA) is 38.8 Å². The summed E-state index contributed by atoms with van der Waals surface area (Å²) >= 11 is 0. The van der Waals surface area contributed by atoms with Gasteiger partial charge in [0.1, 0.15) is 13.2 Å². The van der Waals surface area contributed by atoms with Gasteiger partial charge in [-0.3, -0.25) is 4.79 Å². The van der Waals surface area contributed by atoms with Crippen LogP contribution in [0.3, 0.4) is 0 Å². The second-order valence-corrected chi connectivity index (χ2v) is 9.51. The fourth-order valence-corrected chi connectivity index (χ4v) is 5.09. The first-order chi connectivity index (χ1) is 12.9. The standard InChI is InChI=1S/C23H33NO3/c1-23(2,3)18-9-6-16(7-10-18)22(25)24-12-4-5-19(24)17-8-11-20-21(15-17)27-14-13-26-20/h8,11,15-16,18-19H,4-7,9-10,12-14H2,1-3H3/t16?,18?,19-/m1/s1. The number of carbonyl (C=O) groups is 1. The van der Waals surface area contributed by atoms with Gasteiger partial charge in [-0.15, -0.1) is 0 Å². The van der Waals surface area contributed by atoms with Crippen LogP contribution in [0.25, 0.3) is 0 Å². The number of hydrogen-bond donors (Lipinski definition) is 0. The number of carbonyl (C=O) groups excluding carboxylic acids is 1. The third-order valence-electron chi connectivity index (χ3n) is 6.79. The molecule has 2 fully saturated rings. The summed E-state index contributed by atoms with van der Waals surface area (Å²) in [6.45, 7) is 9.09. The van der Waals surface area contributed by atoms with Crippen molar-refractivity contribution < 1.29 is 14.3 Å². The Morgan fingerprint density at radius 2 is 1.70 bits per heavy atom. The summed E-state index contributed by atoms with van der Waals surface area (Å²) in [6.07, 6.45) is 6.59. The summed E-state index contributed by atoms with van der Waals surface area (Å²) in [5.74, 6) is 2.97. The molecule has 1 saturated heterocycles. The van der Waals surface area contributed by atoms with Gasteiger partial charge in [-0.05, 0) is 67.6 Å². The van der Waals surface area contributed by atoms with Gasteiger partial charge in [0.25, 0.3) is 0 Å². The summed E-state index contributed by atoms with van der Waals surface area (Å²) in [6, 6.07) is 6.38. The van der Waals surface area contributed by atoms with Gasteiger partial charge in [0.2, 0.25) is 5.91 Å². The Hall–Kier alpha value is -1.71. The molecular weight excluding hydrogens is 338 g/mol. The first-order valence-corrected chi connectivity index (χ1v) is 10.6. The molecule has 0 aromatic heterocycles. The summed E-state index contributed by atoms with van der Waals surface area (Å²) in [7, 11) is 0. The third kappa shape index (κ3) is 3.81. The van der Waals surface area contributed by atoms with Crippen molar-refractivity contribution in [1.82, 2.24) is 4.90 Å². The van der Waals surface area contributed by atoms with Crippen molar-refractivity contribution in [3.05, 3.63) is 23.8 Å². The van der Waals surface area contributed by atoms with Crippen molar-refractivity contribution in [2.24, 2.45) is 17.3 Å². The first kappa shape index (κ1) is 18.6. The van der Waals surface area contributed by atoms with Crippen molar-refractivity contribution in [2.75, 3.05) is 19.8 Å². The Balaban J connectivity index is 1.45. The number of amides is 1. The molecule has 148 valence electrons. The molecule has 4 rings (SSSR count). The zero-order chi connectivity index (χ0) is 19.0. The molecule has 0 unspecified atom stereocenters. The van der Waals surface area contributed by atoms with Crippen molar-refractivity contribution in [3.8, 4) is 11.5 Å². The van der Waals surface area contributed by atoms with Crippen LogP contribution in [0.2, 0.25) is 0 Å². The van der Waals surface area contributed by atoms with Crippen LogP contribution in [-0.4, -0.2) is 30.6 Å². The van der Waals surface area contributed by atoms with Crippen LogP contribution in [0.5, 0.6) is 11.5 Å². The zero-order valence-electron chi connectivity index (χ0n) is 17.0. The zero-order valence-corrected chi connectivity index (χ0v) is 17.0. The first-order valence-electron chi connectivity index (χ1n) is 10.6. The van der Waals surface area contributed by atoms with Crippen molar-refractivity contribution in [1.29, 1.82) is 0 Å². The van der Waals surface area contributed by atoms with Crippen LogP contribution in [0.15, 0.2) is 18.2 Å². The molecule has 0 N–H and O–H groups in total. The Kier molecular flexibility index (Phi) is 5.09. The summed E-state index contributed by atoms with van der Waals surface area (Å²) < 4.78 is 11.4. The minimum atomic E-state index is 0.189. The van der Waals surface area contributed by atoms with E-state index in [1.807, 2.05) is 6.07 Å². The average molecular weight is 372 g/mol. The average Bonchev–Trinajstić information content (AvgIpc) is 3.16. The quantitative estimate of drug-likeness (QED) is 0.736. The highest BCUT2D eigenvalue weighted by Crippen LogP contribution is 2.43. The number of rotatable bonds is 2. The van der Waals surface area contributed by atoms with Gasteiger partial charge in [-0.1, -0.05) is 26.8 Å². The van der Waals surface area contributed by atoms with Crippen LogP contribution in [0, 0.1) is 17.3 Å². The maximum Gasteiger partial charge on any atom is 0.226 e. The lowest BCUT2D eigenvalue weighted by atomic mass is 9.69. The molecule has 2 heterocycles. The van der Waals surface area contributed by atoms with Crippen LogP contribution >= 0.6 is 0 Å². The molecule has 1 aliphatic carbocycles.